The molecule has 0 bridgehead atoms. The first kappa shape index (κ1) is 11.5. The van der Waals surface area contributed by atoms with Crippen LogP contribution in [-0.2, 0) is 0 Å². The lowest BCUT2D eigenvalue weighted by molar-refractivity contribution is 0.566. The molecule has 3 rings (SSSR count). The Morgan fingerprint density at radius 1 is 0.947 bits per heavy atom. The Labute approximate surface area is 106 Å². The molecule has 0 saturated carbocycles. The van der Waals surface area contributed by atoms with Crippen molar-refractivity contribution in [3.05, 3.63) is 70.8 Å². The summed E-state index contributed by atoms with van der Waals surface area (Å²) in [5, 5.41) is 0.313. The van der Waals surface area contributed by atoms with E-state index in [0.29, 0.717) is 10.9 Å². The van der Waals surface area contributed by atoms with Gasteiger partial charge in [-0.15, -0.1) is 0 Å². The van der Waals surface area contributed by atoms with Gasteiger partial charge in [0.25, 0.3) is 5.56 Å². The summed E-state index contributed by atoms with van der Waals surface area (Å²) in [4.78, 5) is 16.3. The molecule has 0 spiro atoms. The second kappa shape index (κ2) is 4.28. The molecule has 19 heavy (non-hydrogen) atoms. The number of fused-ring (bicyclic) bond motifs is 1. The number of halogens is 2. The van der Waals surface area contributed by atoms with Crippen LogP contribution in [0.4, 0.5) is 8.78 Å². The van der Waals surface area contributed by atoms with E-state index in [1.807, 2.05) is 0 Å². The van der Waals surface area contributed by atoms with Gasteiger partial charge in [0.05, 0.1) is 10.9 Å². The predicted octanol–water partition coefficient (Wildman–Crippen LogP) is 2.66. The topological polar surface area (TPSA) is 34.9 Å². The normalized spacial score (nSPS) is 10.8. The zero-order chi connectivity index (χ0) is 13.4. The molecule has 2 aromatic carbocycles. The van der Waals surface area contributed by atoms with Gasteiger partial charge in [0, 0.05) is 0 Å². The van der Waals surface area contributed by atoms with Crippen LogP contribution in [0.3, 0.4) is 0 Å². The van der Waals surface area contributed by atoms with Crippen LogP contribution in [0.15, 0.2) is 53.6 Å². The molecule has 3 nitrogen and oxygen atoms in total. The van der Waals surface area contributed by atoms with Crippen molar-refractivity contribution in [1.82, 2.24) is 9.55 Å². The van der Waals surface area contributed by atoms with Gasteiger partial charge in [-0.05, 0) is 24.3 Å². The van der Waals surface area contributed by atoms with Crippen LogP contribution in [0.25, 0.3) is 16.6 Å². The lowest BCUT2D eigenvalue weighted by Gasteiger charge is -2.08. The first-order chi connectivity index (χ1) is 9.18. The molecule has 94 valence electrons. The summed E-state index contributed by atoms with van der Waals surface area (Å²) in [6, 6.07) is 10.1. The van der Waals surface area contributed by atoms with Gasteiger partial charge in [-0.3, -0.25) is 9.36 Å². The highest BCUT2D eigenvalue weighted by molar-refractivity contribution is 5.77. The Hall–Kier alpha value is -2.56. The molecule has 0 N–H and O–H groups in total. The third-order valence-electron chi connectivity index (χ3n) is 2.84. The molecular formula is C14H8F2N2O. The van der Waals surface area contributed by atoms with Gasteiger partial charge in [0.1, 0.15) is 23.6 Å². The van der Waals surface area contributed by atoms with Crippen molar-refractivity contribution in [3.8, 4) is 5.69 Å². The van der Waals surface area contributed by atoms with Crippen molar-refractivity contribution in [2.45, 2.75) is 0 Å². The van der Waals surface area contributed by atoms with Gasteiger partial charge in [0.2, 0.25) is 0 Å². The fraction of sp³-hybridized carbons (Fsp3) is 0. The van der Waals surface area contributed by atoms with E-state index in [2.05, 4.69) is 4.98 Å². The van der Waals surface area contributed by atoms with E-state index in [9.17, 15) is 13.6 Å². The molecule has 1 heterocycles. The Balaban J connectivity index is 2.39. The number of nitrogens with zero attached hydrogens (tertiary/aromatic N) is 2. The van der Waals surface area contributed by atoms with E-state index in [1.165, 1.54) is 6.07 Å². The molecule has 0 aliphatic rings. The number of benzene rings is 2. The number of hydrogen-bond donors (Lipinski definition) is 0. The predicted molar refractivity (Wildman–Crippen MR) is 67.3 cm³/mol. The van der Waals surface area contributed by atoms with Crippen LogP contribution in [0.2, 0.25) is 0 Å². The molecule has 1 aromatic heterocycles. The molecule has 0 atom stereocenters. The van der Waals surface area contributed by atoms with Crippen LogP contribution in [0.1, 0.15) is 0 Å². The van der Waals surface area contributed by atoms with Crippen molar-refractivity contribution in [2.24, 2.45) is 0 Å². The molecule has 5 heteroatoms. The largest absolute Gasteiger partial charge is 0.268 e. The standard InChI is InChI=1S/C14H8F2N2O/c15-10-5-3-6-11(16)13(10)18-8-17-12-7-2-1-4-9(12)14(18)19/h1-8H. The van der Waals surface area contributed by atoms with Crippen molar-refractivity contribution < 1.29 is 8.78 Å². The van der Waals surface area contributed by atoms with E-state index in [4.69, 9.17) is 0 Å². The first-order valence-electron chi connectivity index (χ1n) is 5.59. The minimum absolute atomic E-state index is 0.313. The van der Waals surface area contributed by atoms with Crippen LogP contribution in [0, 0.1) is 11.6 Å². The molecule has 0 aliphatic carbocycles. The van der Waals surface area contributed by atoms with E-state index < -0.39 is 22.9 Å². The fourth-order valence-electron chi connectivity index (χ4n) is 1.95. The quantitative estimate of drug-likeness (QED) is 0.672. The molecule has 0 aliphatic heterocycles. The van der Waals surface area contributed by atoms with Gasteiger partial charge in [-0.25, -0.2) is 13.8 Å². The minimum atomic E-state index is -0.806. The van der Waals surface area contributed by atoms with Gasteiger partial charge in [-0.1, -0.05) is 18.2 Å². The second-order valence-corrected chi connectivity index (χ2v) is 4.01. The highest BCUT2D eigenvalue weighted by Gasteiger charge is 2.13. The third-order valence-corrected chi connectivity index (χ3v) is 2.84. The van der Waals surface area contributed by atoms with Crippen LogP contribution >= 0.6 is 0 Å². The number of rotatable bonds is 1. The number of aromatic nitrogens is 2. The van der Waals surface area contributed by atoms with Crippen LogP contribution in [0.5, 0.6) is 0 Å². The van der Waals surface area contributed by atoms with Crippen LogP contribution < -0.4 is 5.56 Å². The fourth-order valence-corrected chi connectivity index (χ4v) is 1.95. The summed E-state index contributed by atoms with van der Waals surface area (Å²) in [6.07, 6.45) is 1.13. The summed E-state index contributed by atoms with van der Waals surface area (Å²) in [5.41, 5.74) is -0.430. The Morgan fingerprint density at radius 3 is 2.37 bits per heavy atom. The summed E-state index contributed by atoms with van der Waals surface area (Å²) >= 11 is 0. The highest BCUT2D eigenvalue weighted by Crippen LogP contribution is 2.16. The average Bonchev–Trinajstić information content (AvgIpc) is 2.41. The average molecular weight is 258 g/mol. The SMILES string of the molecule is O=c1c2ccccc2ncn1-c1c(F)cccc1F. The van der Waals surface area contributed by atoms with Gasteiger partial charge in [-0.2, -0.15) is 0 Å². The summed E-state index contributed by atoms with van der Waals surface area (Å²) < 4.78 is 28.3. The van der Waals surface area contributed by atoms with E-state index >= 15 is 0 Å². The molecule has 0 amide bonds. The lowest BCUT2D eigenvalue weighted by atomic mass is 10.2. The minimum Gasteiger partial charge on any atom is -0.268 e. The van der Waals surface area contributed by atoms with Crippen molar-refractivity contribution in [2.75, 3.05) is 0 Å². The number of hydrogen-bond acceptors (Lipinski definition) is 2. The van der Waals surface area contributed by atoms with Gasteiger partial charge >= 0.3 is 0 Å². The van der Waals surface area contributed by atoms with E-state index in [-0.39, 0.29) is 0 Å². The summed E-state index contributed by atoms with van der Waals surface area (Å²) in [5.74, 6) is -1.61. The smallest absolute Gasteiger partial charge is 0.265 e. The lowest BCUT2D eigenvalue weighted by Crippen LogP contribution is -2.20. The maximum absolute atomic E-state index is 13.7. The Kier molecular flexibility index (Phi) is 2.59. The molecule has 0 unspecified atom stereocenters. The molecule has 3 aromatic rings. The van der Waals surface area contributed by atoms with Gasteiger partial charge < -0.3 is 0 Å². The van der Waals surface area contributed by atoms with Crippen molar-refractivity contribution >= 4 is 10.9 Å². The maximum atomic E-state index is 13.7. The first-order valence-corrected chi connectivity index (χ1v) is 5.59. The third kappa shape index (κ3) is 1.79. The second-order valence-electron chi connectivity index (χ2n) is 4.01. The van der Waals surface area contributed by atoms with Gasteiger partial charge in [0.15, 0.2) is 0 Å². The zero-order valence-electron chi connectivity index (χ0n) is 9.68. The van der Waals surface area contributed by atoms with Crippen molar-refractivity contribution in [3.63, 3.8) is 0 Å². The van der Waals surface area contributed by atoms with E-state index in [1.54, 1.807) is 24.3 Å². The Morgan fingerprint density at radius 2 is 1.63 bits per heavy atom. The number of para-hydroxylation sites is 2. The molecule has 0 radical (unpaired) electrons. The Bertz CT molecular complexity index is 807. The molecule has 0 saturated heterocycles. The summed E-state index contributed by atoms with van der Waals surface area (Å²) in [6.45, 7) is 0. The monoisotopic (exact) mass is 258 g/mol. The van der Waals surface area contributed by atoms with Crippen LogP contribution in [-0.4, -0.2) is 9.55 Å². The highest BCUT2D eigenvalue weighted by atomic mass is 19.1. The van der Waals surface area contributed by atoms with Crippen molar-refractivity contribution in [1.29, 1.82) is 0 Å². The molecular weight excluding hydrogens is 250 g/mol. The van der Waals surface area contributed by atoms with E-state index in [0.717, 1.165) is 23.0 Å². The summed E-state index contributed by atoms with van der Waals surface area (Å²) in [7, 11) is 0. The maximum Gasteiger partial charge on any atom is 0.265 e. The molecule has 0 fully saturated rings. The zero-order valence-corrected chi connectivity index (χ0v) is 9.68.